The van der Waals surface area contributed by atoms with E-state index in [1.807, 2.05) is 0 Å². The number of methoxy groups -OCH3 is 1. The highest BCUT2D eigenvalue weighted by atomic mass is 79.9. The average molecular weight is 419 g/mol. The van der Waals surface area contributed by atoms with Crippen LogP contribution in [0.1, 0.15) is 10.4 Å². The molecule has 0 saturated heterocycles. The highest BCUT2D eigenvalue weighted by molar-refractivity contribution is 9.10. The van der Waals surface area contributed by atoms with E-state index in [2.05, 4.69) is 21.2 Å². The Morgan fingerprint density at radius 3 is 2.69 bits per heavy atom. The number of nitro groups is 1. The molecule has 26 heavy (non-hydrogen) atoms. The van der Waals surface area contributed by atoms with Gasteiger partial charge >= 0.3 is 5.63 Å². The van der Waals surface area contributed by atoms with Gasteiger partial charge in [-0.2, -0.15) is 0 Å². The first kappa shape index (κ1) is 17.6. The molecule has 0 saturated carbocycles. The number of nitro benzene ring substituents is 1. The van der Waals surface area contributed by atoms with E-state index in [4.69, 9.17) is 9.15 Å². The van der Waals surface area contributed by atoms with Crippen molar-refractivity contribution >= 4 is 44.2 Å². The van der Waals surface area contributed by atoms with Crippen LogP contribution in [-0.4, -0.2) is 17.9 Å². The summed E-state index contributed by atoms with van der Waals surface area (Å²) in [6.07, 6.45) is 0. The van der Waals surface area contributed by atoms with Crippen molar-refractivity contribution in [2.45, 2.75) is 0 Å². The zero-order valence-electron chi connectivity index (χ0n) is 13.3. The van der Waals surface area contributed by atoms with Gasteiger partial charge in [-0.05, 0) is 30.3 Å². The fraction of sp³-hybridized carbons (Fsp3) is 0.0588. The number of nitrogens with zero attached hydrogens (tertiary/aromatic N) is 1. The molecule has 0 fully saturated rings. The normalized spacial score (nSPS) is 10.5. The molecule has 0 aliphatic carbocycles. The molecule has 0 atom stereocenters. The third kappa shape index (κ3) is 3.42. The van der Waals surface area contributed by atoms with E-state index in [0.29, 0.717) is 11.0 Å². The Hall–Kier alpha value is -3.20. The molecule has 0 spiro atoms. The van der Waals surface area contributed by atoms with Crippen LogP contribution in [0.25, 0.3) is 11.0 Å². The van der Waals surface area contributed by atoms with Crippen LogP contribution in [0.2, 0.25) is 0 Å². The standard InChI is InChI=1S/C17H11BrN2O6/c1-25-15-5-3-11(20(23)24)8-13(15)19-16(21)12-7-9-6-10(18)2-4-14(9)26-17(12)22/h2-8H,1H3,(H,19,21). The first-order valence-electron chi connectivity index (χ1n) is 7.26. The number of benzene rings is 2. The molecule has 0 aliphatic heterocycles. The number of amides is 1. The summed E-state index contributed by atoms with van der Waals surface area (Å²) in [6, 6.07) is 10.2. The van der Waals surface area contributed by atoms with Crippen LogP contribution in [0.3, 0.4) is 0 Å². The van der Waals surface area contributed by atoms with Gasteiger partial charge in [0.2, 0.25) is 0 Å². The molecule has 3 aromatic rings. The number of carbonyl (C=O) groups is 1. The van der Waals surface area contributed by atoms with Crippen LogP contribution in [0, 0.1) is 10.1 Å². The van der Waals surface area contributed by atoms with Crippen LogP contribution in [-0.2, 0) is 0 Å². The van der Waals surface area contributed by atoms with Crippen LogP contribution in [0.15, 0.2) is 56.1 Å². The Labute approximate surface area is 154 Å². The number of hydrogen-bond donors (Lipinski definition) is 1. The molecule has 1 aromatic heterocycles. The molecule has 1 N–H and O–H groups in total. The molecule has 0 bridgehead atoms. The number of halogens is 1. The van der Waals surface area contributed by atoms with Crippen LogP contribution < -0.4 is 15.7 Å². The predicted molar refractivity (Wildman–Crippen MR) is 97.8 cm³/mol. The Kier molecular flexibility index (Phi) is 4.72. The minimum atomic E-state index is -0.818. The number of nitrogens with one attached hydrogen (secondary N) is 1. The van der Waals surface area contributed by atoms with Gasteiger partial charge in [0, 0.05) is 22.0 Å². The van der Waals surface area contributed by atoms with Crippen molar-refractivity contribution in [3.05, 3.63) is 73.0 Å². The lowest BCUT2D eigenvalue weighted by Crippen LogP contribution is -2.21. The van der Waals surface area contributed by atoms with E-state index in [9.17, 15) is 19.7 Å². The second kappa shape index (κ2) is 6.96. The summed E-state index contributed by atoms with van der Waals surface area (Å²) in [5.41, 5.74) is -0.871. The van der Waals surface area contributed by atoms with Gasteiger partial charge in [0.25, 0.3) is 11.6 Å². The number of ether oxygens (including phenoxy) is 1. The van der Waals surface area contributed by atoms with Crippen LogP contribution in [0.5, 0.6) is 5.75 Å². The summed E-state index contributed by atoms with van der Waals surface area (Å²) >= 11 is 3.31. The predicted octanol–water partition coefficient (Wildman–Crippen LogP) is 3.72. The van der Waals surface area contributed by atoms with Crippen molar-refractivity contribution in [3.63, 3.8) is 0 Å². The molecule has 2 aromatic carbocycles. The number of fused-ring (bicyclic) bond motifs is 1. The average Bonchev–Trinajstić information content (AvgIpc) is 2.61. The van der Waals surface area contributed by atoms with Crippen molar-refractivity contribution in [2.75, 3.05) is 12.4 Å². The SMILES string of the molecule is COc1ccc([N+](=O)[O-])cc1NC(=O)c1cc2cc(Br)ccc2oc1=O. The Morgan fingerprint density at radius 2 is 2.00 bits per heavy atom. The molecule has 1 heterocycles. The first-order valence-corrected chi connectivity index (χ1v) is 8.05. The van der Waals surface area contributed by atoms with Crippen molar-refractivity contribution in [2.24, 2.45) is 0 Å². The zero-order valence-corrected chi connectivity index (χ0v) is 14.9. The number of carbonyl (C=O) groups excluding carboxylic acids is 1. The lowest BCUT2D eigenvalue weighted by atomic mass is 10.1. The Balaban J connectivity index is 2.01. The fourth-order valence-corrected chi connectivity index (χ4v) is 2.73. The molecule has 0 radical (unpaired) electrons. The molecule has 8 nitrogen and oxygen atoms in total. The lowest BCUT2D eigenvalue weighted by Gasteiger charge is -2.10. The molecular weight excluding hydrogens is 408 g/mol. The minimum Gasteiger partial charge on any atom is -0.495 e. The van der Waals surface area contributed by atoms with Gasteiger partial charge in [0.15, 0.2) is 0 Å². The molecule has 3 rings (SSSR count). The number of hydrogen-bond acceptors (Lipinski definition) is 6. The summed E-state index contributed by atoms with van der Waals surface area (Å²) < 4.78 is 11.0. The van der Waals surface area contributed by atoms with Gasteiger partial charge in [0.05, 0.1) is 17.7 Å². The highest BCUT2D eigenvalue weighted by Crippen LogP contribution is 2.29. The smallest absolute Gasteiger partial charge is 0.349 e. The van der Waals surface area contributed by atoms with Crippen molar-refractivity contribution in [1.82, 2.24) is 0 Å². The molecule has 1 amide bonds. The first-order chi connectivity index (χ1) is 12.4. The molecular formula is C17H11BrN2O6. The summed E-state index contributed by atoms with van der Waals surface area (Å²) in [6.45, 7) is 0. The largest absolute Gasteiger partial charge is 0.495 e. The second-order valence-corrected chi connectivity index (χ2v) is 6.14. The number of non-ortho nitro benzene ring substituents is 1. The summed E-state index contributed by atoms with van der Waals surface area (Å²) in [4.78, 5) is 34.9. The quantitative estimate of drug-likeness (QED) is 0.392. The van der Waals surface area contributed by atoms with Crippen LogP contribution in [0.4, 0.5) is 11.4 Å². The van der Waals surface area contributed by atoms with E-state index in [0.717, 1.165) is 10.5 Å². The number of rotatable bonds is 4. The highest BCUT2D eigenvalue weighted by Gasteiger charge is 2.18. The van der Waals surface area contributed by atoms with E-state index >= 15 is 0 Å². The monoisotopic (exact) mass is 418 g/mol. The van der Waals surface area contributed by atoms with Crippen LogP contribution >= 0.6 is 15.9 Å². The lowest BCUT2D eigenvalue weighted by molar-refractivity contribution is -0.384. The van der Waals surface area contributed by atoms with E-state index in [-0.39, 0.29) is 22.7 Å². The summed E-state index contributed by atoms with van der Waals surface area (Å²) in [5.74, 6) is -0.545. The molecule has 0 aliphatic rings. The van der Waals surface area contributed by atoms with Gasteiger partial charge in [-0.15, -0.1) is 0 Å². The Bertz CT molecular complexity index is 1090. The van der Waals surface area contributed by atoms with Gasteiger partial charge in [-0.25, -0.2) is 4.79 Å². The maximum absolute atomic E-state index is 12.5. The third-order valence-corrected chi connectivity index (χ3v) is 4.07. The molecule has 9 heteroatoms. The molecule has 132 valence electrons. The second-order valence-electron chi connectivity index (χ2n) is 5.23. The maximum atomic E-state index is 12.5. The van der Waals surface area contributed by atoms with E-state index < -0.39 is 16.5 Å². The van der Waals surface area contributed by atoms with Crippen molar-refractivity contribution < 1.29 is 18.9 Å². The van der Waals surface area contributed by atoms with Crippen molar-refractivity contribution in [1.29, 1.82) is 0 Å². The van der Waals surface area contributed by atoms with Gasteiger partial charge < -0.3 is 14.5 Å². The summed E-state index contributed by atoms with van der Waals surface area (Å²) in [5, 5.41) is 13.9. The van der Waals surface area contributed by atoms with Gasteiger partial charge in [-0.1, -0.05) is 15.9 Å². The summed E-state index contributed by atoms with van der Waals surface area (Å²) in [7, 11) is 1.36. The van der Waals surface area contributed by atoms with Crippen molar-refractivity contribution in [3.8, 4) is 5.75 Å². The van der Waals surface area contributed by atoms with Gasteiger partial charge in [0.1, 0.15) is 16.9 Å². The maximum Gasteiger partial charge on any atom is 0.349 e. The number of anilines is 1. The minimum absolute atomic E-state index is 0.0699. The topological polar surface area (TPSA) is 112 Å². The van der Waals surface area contributed by atoms with Gasteiger partial charge in [-0.3, -0.25) is 14.9 Å². The third-order valence-electron chi connectivity index (χ3n) is 3.58. The van der Waals surface area contributed by atoms with E-state index in [1.54, 1.807) is 18.2 Å². The zero-order chi connectivity index (χ0) is 18.8. The Morgan fingerprint density at radius 1 is 1.23 bits per heavy atom. The van der Waals surface area contributed by atoms with E-state index in [1.165, 1.54) is 25.3 Å². The molecule has 0 unspecified atom stereocenters. The fourth-order valence-electron chi connectivity index (χ4n) is 2.35.